The Bertz CT molecular complexity index is 502. The maximum absolute atomic E-state index is 12.3. The van der Waals surface area contributed by atoms with Crippen LogP contribution in [0.5, 0.6) is 11.5 Å². The van der Waals surface area contributed by atoms with Gasteiger partial charge in [-0.1, -0.05) is 6.07 Å². The Hall–Kier alpha value is -1.42. The van der Waals surface area contributed by atoms with Crippen LogP contribution in [0, 0.1) is 5.41 Å². The summed E-state index contributed by atoms with van der Waals surface area (Å²) in [4.78, 5) is 14.0. The number of fused-ring (bicyclic) bond motifs is 1. The molecule has 0 unspecified atom stereocenters. The van der Waals surface area contributed by atoms with Gasteiger partial charge in [0.15, 0.2) is 11.5 Å². The molecule has 1 aliphatic rings. The monoisotopic (exact) mass is 297 g/mol. The van der Waals surface area contributed by atoms with Crippen LogP contribution in [-0.4, -0.2) is 36.9 Å². The number of nitrogens with zero attached hydrogens (tertiary/aromatic N) is 1. The number of ether oxygens (including phenoxy) is 2. The number of amides is 1. The molecule has 0 radical (unpaired) electrons. The van der Waals surface area contributed by atoms with Crippen molar-refractivity contribution >= 4 is 17.5 Å². The minimum absolute atomic E-state index is 0.0300. The van der Waals surface area contributed by atoms with Gasteiger partial charge in [-0.2, -0.15) is 0 Å². The number of alkyl halides is 1. The fourth-order valence-electron chi connectivity index (χ4n) is 2.11. The first-order valence-corrected chi connectivity index (χ1v) is 7.17. The Kier molecular flexibility index (Phi) is 4.43. The Morgan fingerprint density at radius 2 is 1.95 bits per heavy atom. The van der Waals surface area contributed by atoms with Crippen molar-refractivity contribution < 1.29 is 14.3 Å². The molecule has 0 aromatic heterocycles. The average Bonchev–Trinajstić information content (AvgIpc) is 2.46. The Morgan fingerprint density at radius 1 is 1.30 bits per heavy atom. The van der Waals surface area contributed by atoms with Gasteiger partial charge in [-0.05, 0) is 31.5 Å². The van der Waals surface area contributed by atoms with Gasteiger partial charge in [0, 0.05) is 19.5 Å². The van der Waals surface area contributed by atoms with Gasteiger partial charge in [0.25, 0.3) is 0 Å². The van der Waals surface area contributed by atoms with E-state index in [4.69, 9.17) is 21.1 Å². The minimum atomic E-state index is -0.551. The van der Waals surface area contributed by atoms with Crippen LogP contribution in [0.4, 0.5) is 0 Å². The molecule has 5 heteroatoms. The summed E-state index contributed by atoms with van der Waals surface area (Å²) in [5, 5.41) is 0. The molecule has 0 atom stereocenters. The summed E-state index contributed by atoms with van der Waals surface area (Å²) in [6.45, 7) is 5.36. The third-order valence-electron chi connectivity index (χ3n) is 3.29. The highest BCUT2D eigenvalue weighted by molar-refractivity contribution is 6.19. The molecule has 0 spiro atoms. The van der Waals surface area contributed by atoms with Gasteiger partial charge >= 0.3 is 0 Å². The van der Waals surface area contributed by atoms with Crippen LogP contribution in [-0.2, 0) is 11.3 Å². The van der Waals surface area contributed by atoms with Crippen molar-refractivity contribution in [2.45, 2.75) is 20.4 Å². The van der Waals surface area contributed by atoms with Crippen LogP contribution in [0.3, 0.4) is 0 Å². The van der Waals surface area contributed by atoms with Crippen molar-refractivity contribution in [2.24, 2.45) is 5.41 Å². The van der Waals surface area contributed by atoms with E-state index in [9.17, 15) is 4.79 Å². The highest BCUT2D eigenvalue weighted by atomic mass is 35.5. The van der Waals surface area contributed by atoms with Crippen LogP contribution in [0.1, 0.15) is 19.4 Å². The first-order valence-electron chi connectivity index (χ1n) is 6.64. The third-order valence-corrected chi connectivity index (χ3v) is 3.95. The summed E-state index contributed by atoms with van der Waals surface area (Å²) < 4.78 is 11.0. The fraction of sp³-hybridized carbons (Fsp3) is 0.533. The molecule has 0 aliphatic carbocycles. The van der Waals surface area contributed by atoms with Crippen molar-refractivity contribution in [1.29, 1.82) is 0 Å². The standard InChI is InChI=1S/C15H20ClNO3/c1-15(2,10-16)14(18)17(3)9-11-4-5-12-13(8-11)20-7-6-19-12/h4-5,8H,6-7,9-10H2,1-3H3. The second-order valence-corrected chi connectivity index (χ2v) is 5.92. The third kappa shape index (κ3) is 3.18. The maximum atomic E-state index is 12.3. The van der Waals surface area contributed by atoms with E-state index in [0.29, 0.717) is 25.6 Å². The van der Waals surface area contributed by atoms with E-state index in [2.05, 4.69) is 0 Å². The predicted molar refractivity (Wildman–Crippen MR) is 78.4 cm³/mol. The summed E-state index contributed by atoms with van der Waals surface area (Å²) in [5.41, 5.74) is 0.458. The molecule has 0 saturated heterocycles. The zero-order valence-electron chi connectivity index (χ0n) is 12.1. The molecule has 0 N–H and O–H groups in total. The molecule has 1 amide bonds. The van der Waals surface area contributed by atoms with Crippen molar-refractivity contribution in [3.05, 3.63) is 23.8 Å². The molecule has 1 aromatic rings. The van der Waals surface area contributed by atoms with Crippen LogP contribution in [0.2, 0.25) is 0 Å². The lowest BCUT2D eigenvalue weighted by Crippen LogP contribution is -2.39. The highest BCUT2D eigenvalue weighted by Gasteiger charge is 2.29. The number of hydrogen-bond donors (Lipinski definition) is 0. The lowest BCUT2D eigenvalue weighted by molar-refractivity contribution is -0.138. The lowest BCUT2D eigenvalue weighted by Gasteiger charge is -2.28. The topological polar surface area (TPSA) is 38.8 Å². The number of halogens is 1. The molecule has 2 rings (SSSR count). The van der Waals surface area contributed by atoms with E-state index in [1.165, 1.54) is 0 Å². The van der Waals surface area contributed by atoms with Crippen molar-refractivity contribution in [3.63, 3.8) is 0 Å². The van der Waals surface area contributed by atoms with Crippen molar-refractivity contribution in [1.82, 2.24) is 4.90 Å². The van der Waals surface area contributed by atoms with Gasteiger partial charge in [-0.3, -0.25) is 4.79 Å². The summed E-state index contributed by atoms with van der Waals surface area (Å²) >= 11 is 5.85. The molecule has 0 fully saturated rings. The second kappa shape index (κ2) is 5.92. The molecule has 1 aromatic carbocycles. The van der Waals surface area contributed by atoms with E-state index < -0.39 is 5.41 Å². The van der Waals surface area contributed by atoms with Gasteiger partial charge in [-0.25, -0.2) is 0 Å². The number of carbonyl (C=O) groups excluding carboxylic acids is 1. The van der Waals surface area contributed by atoms with Crippen molar-refractivity contribution in [3.8, 4) is 11.5 Å². The molecule has 0 saturated carbocycles. The Balaban J connectivity index is 2.08. The molecule has 110 valence electrons. The molecule has 4 nitrogen and oxygen atoms in total. The highest BCUT2D eigenvalue weighted by Crippen LogP contribution is 2.31. The fourth-order valence-corrected chi connectivity index (χ4v) is 2.22. The van der Waals surface area contributed by atoms with Gasteiger partial charge in [0.1, 0.15) is 13.2 Å². The van der Waals surface area contributed by atoms with Crippen LogP contribution in [0.15, 0.2) is 18.2 Å². The molecule has 1 aliphatic heterocycles. The van der Waals surface area contributed by atoms with Gasteiger partial charge in [0.05, 0.1) is 5.41 Å². The summed E-state index contributed by atoms with van der Waals surface area (Å²) in [7, 11) is 1.79. The van der Waals surface area contributed by atoms with Gasteiger partial charge in [0.2, 0.25) is 5.91 Å². The zero-order chi connectivity index (χ0) is 14.8. The van der Waals surface area contributed by atoms with Crippen LogP contribution in [0.25, 0.3) is 0 Å². The summed E-state index contributed by atoms with van der Waals surface area (Å²) in [5.74, 6) is 1.83. The van der Waals surface area contributed by atoms with E-state index in [0.717, 1.165) is 17.1 Å². The largest absolute Gasteiger partial charge is 0.486 e. The smallest absolute Gasteiger partial charge is 0.229 e. The quantitative estimate of drug-likeness (QED) is 0.802. The predicted octanol–water partition coefficient (Wildman–Crippen LogP) is 2.68. The molecular formula is C15H20ClNO3. The second-order valence-electron chi connectivity index (χ2n) is 5.66. The number of rotatable bonds is 4. The molecule has 0 bridgehead atoms. The van der Waals surface area contributed by atoms with Gasteiger partial charge < -0.3 is 14.4 Å². The van der Waals surface area contributed by atoms with E-state index in [1.54, 1.807) is 11.9 Å². The maximum Gasteiger partial charge on any atom is 0.229 e. The average molecular weight is 298 g/mol. The van der Waals surface area contributed by atoms with Crippen LogP contribution >= 0.6 is 11.6 Å². The Morgan fingerprint density at radius 3 is 2.60 bits per heavy atom. The SMILES string of the molecule is CN(Cc1ccc2c(c1)OCCO2)C(=O)C(C)(C)CCl. The van der Waals surface area contributed by atoms with E-state index in [-0.39, 0.29) is 5.91 Å². The molecule has 1 heterocycles. The van der Waals surface area contributed by atoms with Gasteiger partial charge in [-0.15, -0.1) is 11.6 Å². The lowest BCUT2D eigenvalue weighted by atomic mass is 9.94. The first kappa shape index (κ1) is 15.0. The normalized spacial score (nSPS) is 14.0. The zero-order valence-corrected chi connectivity index (χ0v) is 12.9. The number of hydrogen-bond acceptors (Lipinski definition) is 3. The van der Waals surface area contributed by atoms with E-state index >= 15 is 0 Å². The van der Waals surface area contributed by atoms with Crippen LogP contribution < -0.4 is 9.47 Å². The Labute approximate surface area is 124 Å². The van der Waals surface area contributed by atoms with E-state index in [1.807, 2.05) is 32.0 Å². The molecular weight excluding hydrogens is 278 g/mol. The first-order chi connectivity index (χ1) is 9.44. The minimum Gasteiger partial charge on any atom is -0.486 e. The number of carbonyl (C=O) groups is 1. The summed E-state index contributed by atoms with van der Waals surface area (Å²) in [6.07, 6.45) is 0. The van der Waals surface area contributed by atoms with Crippen molar-refractivity contribution in [2.75, 3.05) is 26.1 Å². The molecule has 20 heavy (non-hydrogen) atoms. The number of benzene rings is 1. The summed E-state index contributed by atoms with van der Waals surface area (Å²) in [6, 6.07) is 5.76.